The van der Waals surface area contributed by atoms with Gasteiger partial charge in [-0.25, -0.2) is 4.79 Å². The zero-order chi connectivity index (χ0) is 14.8. The minimum Gasteiger partial charge on any atom is -0.490 e. The molecule has 1 N–H and O–H groups in total. The SMILES string of the molecule is COc1cc(N(C)C(C)(C)C(=O)O)ccc1[N+](=O)[O-]. The van der Waals surface area contributed by atoms with E-state index >= 15 is 0 Å². The molecule has 0 aliphatic carbocycles. The quantitative estimate of drug-likeness (QED) is 0.647. The molecule has 0 bridgehead atoms. The minimum atomic E-state index is -1.14. The Balaban J connectivity index is 3.23. The molecule has 1 rings (SSSR count). The summed E-state index contributed by atoms with van der Waals surface area (Å²) in [7, 11) is 2.93. The number of methoxy groups -OCH3 is 1. The molecule has 7 heteroatoms. The lowest BCUT2D eigenvalue weighted by molar-refractivity contribution is -0.385. The maximum absolute atomic E-state index is 11.2. The van der Waals surface area contributed by atoms with Gasteiger partial charge in [-0.15, -0.1) is 0 Å². The first-order valence-electron chi connectivity index (χ1n) is 5.51. The summed E-state index contributed by atoms with van der Waals surface area (Å²) >= 11 is 0. The molecular weight excluding hydrogens is 252 g/mol. The van der Waals surface area contributed by atoms with Crippen LogP contribution in [-0.4, -0.2) is 35.7 Å². The molecule has 1 aromatic carbocycles. The van der Waals surface area contributed by atoms with E-state index < -0.39 is 16.4 Å². The normalized spacial score (nSPS) is 10.9. The van der Waals surface area contributed by atoms with Crippen molar-refractivity contribution in [3.05, 3.63) is 28.3 Å². The molecule has 0 saturated carbocycles. The summed E-state index contributed by atoms with van der Waals surface area (Å²) in [4.78, 5) is 22.9. The number of anilines is 1. The highest BCUT2D eigenvalue weighted by Crippen LogP contribution is 2.33. The summed E-state index contributed by atoms with van der Waals surface area (Å²) in [5.74, 6) is -0.900. The van der Waals surface area contributed by atoms with Crippen LogP contribution in [0.25, 0.3) is 0 Å². The fourth-order valence-corrected chi connectivity index (χ4v) is 1.49. The van der Waals surface area contributed by atoms with Crippen molar-refractivity contribution in [3.8, 4) is 5.75 Å². The largest absolute Gasteiger partial charge is 0.490 e. The Kier molecular flexibility index (Phi) is 3.98. The zero-order valence-corrected chi connectivity index (χ0v) is 11.2. The molecule has 7 nitrogen and oxygen atoms in total. The van der Waals surface area contributed by atoms with Crippen LogP contribution in [0, 0.1) is 10.1 Å². The minimum absolute atomic E-state index is 0.0931. The monoisotopic (exact) mass is 268 g/mol. The van der Waals surface area contributed by atoms with Crippen LogP contribution in [0.2, 0.25) is 0 Å². The van der Waals surface area contributed by atoms with Gasteiger partial charge in [-0.3, -0.25) is 10.1 Å². The first-order chi connectivity index (χ1) is 8.71. The lowest BCUT2D eigenvalue weighted by atomic mass is 10.0. The summed E-state index contributed by atoms with van der Waals surface area (Å²) < 4.78 is 4.95. The van der Waals surface area contributed by atoms with Crippen molar-refractivity contribution in [1.82, 2.24) is 0 Å². The van der Waals surface area contributed by atoms with Crippen molar-refractivity contribution in [3.63, 3.8) is 0 Å². The van der Waals surface area contributed by atoms with Crippen molar-refractivity contribution in [2.24, 2.45) is 0 Å². The molecular formula is C12H16N2O5. The van der Waals surface area contributed by atoms with Gasteiger partial charge in [0.05, 0.1) is 12.0 Å². The van der Waals surface area contributed by atoms with Gasteiger partial charge in [0.15, 0.2) is 5.75 Å². The highest BCUT2D eigenvalue weighted by molar-refractivity contribution is 5.82. The van der Waals surface area contributed by atoms with E-state index in [4.69, 9.17) is 9.84 Å². The van der Waals surface area contributed by atoms with E-state index in [1.54, 1.807) is 20.9 Å². The number of likely N-dealkylation sites (N-methyl/N-ethyl adjacent to an activating group) is 1. The molecule has 0 radical (unpaired) electrons. The molecule has 0 fully saturated rings. The number of ether oxygens (including phenoxy) is 1. The lowest BCUT2D eigenvalue weighted by Gasteiger charge is -2.33. The second-order valence-corrected chi connectivity index (χ2v) is 4.54. The fraction of sp³-hybridized carbons (Fsp3) is 0.417. The number of carbonyl (C=O) groups is 1. The summed E-state index contributed by atoms with van der Waals surface area (Å²) in [6.45, 7) is 3.09. The van der Waals surface area contributed by atoms with Gasteiger partial charge in [0.25, 0.3) is 0 Å². The van der Waals surface area contributed by atoms with Crippen molar-refractivity contribution in [1.29, 1.82) is 0 Å². The molecule has 0 unspecified atom stereocenters. The Hall–Kier alpha value is -2.31. The van der Waals surface area contributed by atoms with Gasteiger partial charge >= 0.3 is 11.7 Å². The fourth-order valence-electron chi connectivity index (χ4n) is 1.49. The van der Waals surface area contributed by atoms with Gasteiger partial charge in [0, 0.05) is 24.9 Å². The molecule has 19 heavy (non-hydrogen) atoms. The third kappa shape index (κ3) is 2.75. The summed E-state index contributed by atoms with van der Waals surface area (Å²) in [5, 5.41) is 19.9. The predicted molar refractivity (Wildman–Crippen MR) is 69.8 cm³/mol. The smallest absolute Gasteiger partial charge is 0.328 e. The van der Waals surface area contributed by atoms with Crippen LogP contribution in [0.3, 0.4) is 0 Å². The van der Waals surface area contributed by atoms with E-state index in [2.05, 4.69) is 0 Å². The highest BCUT2D eigenvalue weighted by Gasteiger charge is 2.33. The average molecular weight is 268 g/mol. The van der Waals surface area contributed by atoms with Crippen molar-refractivity contribution >= 4 is 17.3 Å². The predicted octanol–water partition coefficient (Wildman–Crippen LogP) is 1.90. The van der Waals surface area contributed by atoms with Crippen LogP contribution in [0.15, 0.2) is 18.2 Å². The topological polar surface area (TPSA) is 92.9 Å². The van der Waals surface area contributed by atoms with Crippen molar-refractivity contribution in [2.45, 2.75) is 19.4 Å². The summed E-state index contributed by atoms with van der Waals surface area (Å²) in [5.41, 5.74) is -0.774. The Bertz CT molecular complexity index is 513. The summed E-state index contributed by atoms with van der Waals surface area (Å²) in [6, 6.07) is 4.23. The van der Waals surface area contributed by atoms with E-state index in [0.29, 0.717) is 5.69 Å². The Morgan fingerprint density at radius 2 is 2.05 bits per heavy atom. The van der Waals surface area contributed by atoms with Crippen LogP contribution >= 0.6 is 0 Å². The number of carboxylic acid groups (broad SMARTS) is 1. The number of nitro groups is 1. The molecule has 0 atom stereocenters. The third-order valence-electron chi connectivity index (χ3n) is 3.11. The molecule has 104 valence electrons. The maximum atomic E-state index is 11.2. The molecule has 1 aromatic rings. The Labute approximate surface area is 110 Å². The number of rotatable bonds is 5. The van der Waals surface area contributed by atoms with E-state index in [1.165, 1.54) is 30.2 Å². The molecule has 0 amide bonds. The van der Waals surface area contributed by atoms with Gasteiger partial charge < -0.3 is 14.7 Å². The van der Waals surface area contributed by atoms with Gasteiger partial charge in [-0.1, -0.05) is 0 Å². The van der Waals surface area contributed by atoms with Gasteiger partial charge in [0.1, 0.15) is 5.54 Å². The first kappa shape index (κ1) is 14.7. The second-order valence-electron chi connectivity index (χ2n) is 4.54. The first-order valence-corrected chi connectivity index (χ1v) is 5.51. The number of hydrogen-bond acceptors (Lipinski definition) is 5. The van der Waals surface area contributed by atoms with Crippen LogP contribution in [0.5, 0.6) is 5.75 Å². The highest BCUT2D eigenvalue weighted by atomic mass is 16.6. The zero-order valence-electron chi connectivity index (χ0n) is 11.2. The molecule has 0 aromatic heterocycles. The van der Waals surface area contributed by atoms with E-state index in [0.717, 1.165) is 0 Å². The average Bonchev–Trinajstić information content (AvgIpc) is 2.36. The van der Waals surface area contributed by atoms with Gasteiger partial charge in [-0.2, -0.15) is 0 Å². The molecule has 0 aliphatic heterocycles. The van der Waals surface area contributed by atoms with Gasteiger partial charge in [-0.05, 0) is 19.9 Å². The van der Waals surface area contributed by atoms with Crippen molar-refractivity contribution in [2.75, 3.05) is 19.1 Å². The lowest BCUT2D eigenvalue weighted by Crippen LogP contribution is -2.48. The van der Waals surface area contributed by atoms with Crippen LogP contribution in [-0.2, 0) is 4.79 Å². The maximum Gasteiger partial charge on any atom is 0.328 e. The number of aliphatic carboxylic acids is 1. The number of nitrogens with zero attached hydrogens (tertiary/aromatic N) is 2. The van der Waals surface area contributed by atoms with E-state index in [-0.39, 0.29) is 11.4 Å². The Morgan fingerprint density at radius 3 is 2.47 bits per heavy atom. The molecule has 0 saturated heterocycles. The van der Waals surface area contributed by atoms with Gasteiger partial charge in [0.2, 0.25) is 0 Å². The van der Waals surface area contributed by atoms with E-state index in [1.807, 2.05) is 0 Å². The third-order valence-corrected chi connectivity index (χ3v) is 3.11. The van der Waals surface area contributed by atoms with E-state index in [9.17, 15) is 14.9 Å². The number of nitro benzene ring substituents is 1. The van der Waals surface area contributed by atoms with Crippen LogP contribution in [0.4, 0.5) is 11.4 Å². The molecule has 0 heterocycles. The Morgan fingerprint density at radius 1 is 1.47 bits per heavy atom. The van der Waals surface area contributed by atoms with Crippen LogP contribution in [0.1, 0.15) is 13.8 Å². The second kappa shape index (κ2) is 5.13. The standard InChI is InChI=1S/C12H16N2O5/c1-12(2,11(15)16)13(3)8-5-6-9(14(17)18)10(7-8)19-4/h5-7H,1-4H3,(H,15,16). The molecule has 0 spiro atoms. The van der Waals surface area contributed by atoms with Crippen LogP contribution < -0.4 is 9.64 Å². The van der Waals surface area contributed by atoms with Crippen molar-refractivity contribution < 1.29 is 19.6 Å². The number of benzene rings is 1. The summed E-state index contributed by atoms with van der Waals surface area (Å²) in [6.07, 6.45) is 0. The number of hydrogen-bond donors (Lipinski definition) is 1. The number of carboxylic acids is 1. The molecule has 0 aliphatic rings.